The Kier molecular flexibility index (Phi) is 7.03. The van der Waals surface area contributed by atoms with Crippen molar-refractivity contribution in [2.24, 2.45) is 5.92 Å². The highest BCUT2D eigenvalue weighted by molar-refractivity contribution is 9.10. The zero-order chi connectivity index (χ0) is 20.2. The fraction of sp³-hybridized carbons (Fsp3) is 0.550. The predicted octanol–water partition coefficient (Wildman–Crippen LogP) is 3.55. The van der Waals surface area contributed by atoms with Crippen molar-refractivity contribution >= 4 is 33.8 Å². The molecule has 1 heterocycles. The molecule has 2 rings (SSSR count). The lowest BCUT2D eigenvalue weighted by molar-refractivity contribution is -0.135. The van der Waals surface area contributed by atoms with Crippen LogP contribution in [0.3, 0.4) is 0 Å². The number of rotatable bonds is 8. The van der Waals surface area contributed by atoms with Gasteiger partial charge in [-0.05, 0) is 43.9 Å². The van der Waals surface area contributed by atoms with E-state index in [9.17, 15) is 14.4 Å². The normalized spacial score (nSPS) is 20.7. The monoisotopic (exact) mass is 437 g/mol. The number of halogens is 1. The third-order valence-corrected chi connectivity index (χ3v) is 5.30. The van der Waals surface area contributed by atoms with Crippen LogP contribution in [0.4, 0.5) is 4.79 Å². The molecule has 7 heteroatoms. The summed E-state index contributed by atoms with van der Waals surface area (Å²) in [6.45, 7) is 7.66. The minimum absolute atomic E-state index is 0.00785. The molecule has 0 aliphatic carbocycles. The number of benzene rings is 1. The van der Waals surface area contributed by atoms with E-state index in [0.29, 0.717) is 11.5 Å². The Morgan fingerprint density at radius 3 is 2.59 bits per heavy atom. The molecule has 0 aromatic heterocycles. The van der Waals surface area contributed by atoms with E-state index in [1.54, 1.807) is 25.1 Å². The van der Waals surface area contributed by atoms with Crippen LogP contribution in [-0.2, 0) is 15.1 Å². The number of urea groups is 1. The molecule has 1 fully saturated rings. The number of hydrogen-bond donors (Lipinski definition) is 2. The van der Waals surface area contributed by atoms with Gasteiger partial charge in [0.1, 0.15) is 12.1 Å². The number of carbonyl (C=O) groups is 3. The Hall–Kier alpha value is -1.89. The van der Waals surface area contributed by atoms with Crippen LogP contribution >= 0.6 is 15.9 Å². The first kappa shape index (κ1) is 21.4. The third-order valence-electron chi connectivity index (χ3n) is 4.80. The lowest BCUT2D eigenvalue weighted by Gasteiger charge is -2.22. The van der Waals surface area contributed by atoms with Gasteiger partial charge in [0, 0.05) is 10.5 Å². The molecule has 1 aliphatic rings. The topological polar surface area (TPSA) is 78.5 Å². The molecular weight excluding hydrogens is 410 g/mol. The molecule has 2 unspecified atom stereocenters. The smallest absolute Gasteiger partial charge is 0.325 e. The average Bonchev–Trinajstić information content (AvgIpc) is 2.79. The first-order valence-electron chi connectivity index (χ1n) is 9.33. The van der Waals surface area contributed by atoms with Gasteiger partial charge in [0.25, 0.3) is 5.91 Å². The molecule has 2 N–H and O–H groups in total. The van der Waals surface area contributed by atoms with Gasteiger partial charge in [0.15, 0.2) is 0 Å². The van der Waals surface area contributed by atoms with E-state index in [2.05, 4.69) is 40.4 Å². The molecule has 1 aromatic rings. The van der Waals surface area contributed by atoms with Gasteiger partial charge in [0.05, 0.1) is 0 Å². The van der Waals surface area contributed by atoms with Gasteiger partial charge in [-0.1, -0.05) is 54.8 Å². The summed E-state index contributed by atoms with van der Waals surface area (Å²) in [7, 11) is 0. The molecule has 0 spiro atoms. The summed E-state index contributed by atoms with van der Waals surface area (Å²) in [6.07, 6.45) is 3.02. The van der Waals surface area contributed by atoms with Gasteiger partial charge >= 0.3 is 6.03 Å². The lowest BCUT2D eigenvalue weighted by Crippen LogP contribution is -2.45. The molecule has 4 amide bonds. The fourth-order valence-corrected chi connectivity index (χ4v) is 3.60. The second-order valence-electron chi connectivity index (χ2n) is 7.75. The van der Waals surface area contributed by atoms with Gasteiger partial charge in [-0.3, -0.25) is 14.5 Å². The van der Waals surface area contributed by atoms with Crippen LogP contribution in [0.2, 0.25) is 0 Å². The van der Waals surface area contributed by atoms with E-state index in [-0.39, 0.29) is 18.5 Å². The van der Waals surface area contributed by atoms with Crippen LogP contribution < -0.4 is 10.6 Å². The zero-order valence-corrected chi connectivity index (χ0v) is 17.9. The molecule has 1 saturated heterocycles. The van der Waals surface area contributed by atoms with Crippen molar-refractivity contribution in [2.75, 3.05) is 6.54 Å². The van der Waals surface area contributed by atoms with Gasteiger partial charge in [-0.15, -0.1) is 0 Å². The van der Waals surface area contributed by atoms with Crippen LogP contribution in [0.1, 0.15) is 52.5 Å². The van der Waals surface area contributed by atoms with E-state index in [1.807, 2.05) is 13.0 Å². The Balaban J connectivity index is 1.98. The van der Waals surface area contributed by atoms with E-state index < -0.39 is 17.5 Å². The van der Waals surface area contributed by atoms with E-state index in [1.165, 1.54) is 0 Å². The molecule has 1 aromatic carbocycles. The molecule has 0 saturated carbocycles. The van der Waals surface area contributed by atoms with Gasteiger partial charge in [-0.25, -0.2) is 4.79 Å². The Morgan fingerprint density at radius 1 is 1.26 bits per heavy atom. The van der Waals surface area contributed by atoms with Crippen molar-refractivity contribution in [1.29, 1.82) is 0 Å². The summed E-state index contributed by atoms with van der Waals surface area (Å²) < 4.78 is 0.815. The van der Waals surface area contributed by atoms with Crippen LogP contribution in [0.5, 0.6) is 0 Å². The second-order valence-corrected chi connectivity index (χ2v) is 8.67. The highest BCUT2D eigenvalue weighted by Gasteiger charge is 2.49. The lowest BCUT2D eigenvalue weighted by atomic mass is 9.92. The number of amides is 4. The minimum Gasteiger partial charge on any atom is -0.352 e. The minimum atomic E-state index is -1.18. The maximum absolute atomic E-state index is 12.9. The molecule has 1 aliphatic heterocycles. The third kappa shape index (κ3) is 5.31. The average molecular weight is 438 g/mol. The zero-order valence-electron chi connectivity index (χ0n) is 16.3. The van der Waals surface area contributed by atoms with Crippen LogP contribution in [0, 0.1) is 5.92 Å². The number of carbonyl (C=O) groups excluding carboxylic acids is 3. The Morgan fingerprint density at radius 2 is 1.96 bits per heavy atom. The van der Waals surface area contributed by atoms with Crippen molar-refractivity contribution in [1.82, 2.24) is 15.5 Å². The fourth-order valence-electron chi connectivity index (χ4n) is 3.20. The maximum atomic E-state index is 12.9. The van der Waals surface area contributed by atoms with Crippen molar-refractivity contribution in [2.45, 2.75) is 58.5 Å². The van der Waals surface area contributed by atoms with Crippen molar-refractivity contribution in [3.05, 3.63) is 34.3 Å². The summed E-state index contributed by atoms with van der Waals surface area (Å²) in [5.74, 6) is -0.114. The van der Waals surface area contributed by atoms with Crippen LogP contribution in [0.25, 0.3) is 0 Å². The molecule has 27 heavy (non-hydrogen) atoms. The number of nitrogens with one attached hydrogen (secondary N) is 2. The molecule has 148 valence electrons. The largest absolute Gasteiger partial charge is 0.352 e. The number of hydrogen-bond acceptors (Lipinski definition) is 3. The van der Waals surface area contributed by atoms with Gasteiger partial charge in [0.2, 0.25) is 5.91 Å². The number of imide groups is 1. The predicted molar refractivity (Wildman–Crippen MR) is 108 cm³/mol. The maximum Gasteiger partial charge on any atom is 0.325 e. The molecule has 6 nitrogen and oxygen atoms in total. The van der Waals surface area contributed by atoms with E-state index in [4.69, 9.17) is 0 Å². The number of nitrogens with zero attached hydrogens (tertiary/aromatic N) is 1. The van der Waals surface area contributed by atoms with Crippen molar-refractivity contribution < 1.29 is 14.4 Å². The highest BCUT2D eigenvalue weighted by Crippen LogP contribution is 2.30. The Labute approximate surface area is 169 Å². The Bertz CT molecular complexity index is 722. The standard InChI is InChI=1S/C20H28BrN3O3/c1-13(2)7-5-8-14(3)22-17(25)12-24-18(26)20(4,23-19(24)27)15-9-6-10-16(21)11-15/h6,9-11,13-14H,5,7-8,12H2,1-4H3,(H,22,25)(H,23,27). The van der Waals surface area contributed by atoms with Crippen LogP contribution in [0.15, 0.2) is 28.7 Å². The first-order valence-corrected chi connectivity index (χ1v) is 10.1. The van der Waals surface area contributed by atoms with Gasteiger partial charge in [-0.2, -0.15) is 0 Å². The molecule has 0 bridgehead atoms. The molecular formula is C20H28BrN3O3. The van der Waals surface area contributed by atoms with E-state index in [0.717, 1.165) is 28.6 Å². The molecule has 2 atom stereocenters. The quantitative estimate of drug-likeness (QED) is 0.610. The summed E-state index contributed by atoms with van der Waals surface area (Å²) in [5.41, 5.74) is -0.510. The van der Waals surface area contributed by atoms with Gasteiger partial charge < -0.3 is 10.6 Å². The highest BCUT2D eigenvalue weighted by atomic mass is 79.9. The van der Waals surface area contributed by atoms with Crippen molar-refractivity contribution in [3.8, 4) is 0 Å². The SMILES string of the molecule is CC(C)CCCC(C)NC(=O)CN1C(=O)NC(C)(c2cccc(Br)c2)C1=O. The first-order chi connectivity index (χ1) is 12.6. The summed E-state index contributed by atoms with van der Waals surface area (Å²) in [5, 5.41) is 5.59. The second kappa shape index (κ2) is 8.87. The summed E-state index contributed by atoms with van der Waals surface area (Å²) in [6, 6.07) is 6.68. The van der Waals surface area contributed by atoms with Crippen molar-refractivity contribution in [3.63, 3.8) is 0 Å². The van der Waals surface area contributed by atoms with Crippen LogP contribution in [-0.4, -0.2) is 35.3 Å². The van der Waals surface area contributed by atoms with E-state index >= 15 is 0 Å². The molecule has 0 radical (unpaired) electrons. The summed E-state index contributed by atoms with van der Waals surface area (Å²) >= 11 is 3.38. The summed E-state index contributed by atoms with van der Waals surface area (Å²) in [4.78, 5) is 38.5.